The van der Waals surface area contributed by atoms with Crippen LogP contribution in [0.3, 0.4) is 0 Å². The number of H-pyrrole nitrogens is 1. The summed E-state index contributed by atoms with van der Waals surface area (Å²) in [5.74, 6) is 1.12. The molecule has 0 aliphatic carbocycles. The molecule has 1 aliphatic rings. The highest BCUT2D eigenvalue weighted by atomic mass is 32.2. The van der Waals surface area contributed by atoms with Crippen LogP contribution in [0.4, 0.5) is 0 Å². The van der Waals surface area contributed by atoms with Gasteiger partial charge in [0.2, 0.25) is 0 Å². The van der Waals surface area contributed by atoms with Crippen molar-refractivity contribution in [2.24, 2.45) is 0 Å². The van der Waals surface area contributed by atoms with Gasteiger partial charge in [-0.2, -0.15) is 11.8 Å². The second kappa shape index (κ2) is 6.73. The molecule has 0 saturated carbocycles. The van der Waals surface area contributed by atoms with Gasteiger partial charge in [-0.3, -0.25) is 4.79 Å². The number of amides is 1. The van der Waals surface area contributed by atoms with Crippen molar-refractivity contribution in [3.8, 4) is 0 Å². The fourth-order valence-corrected chi connectivity index (χ4v) is 4.50. The first-order valence-electron chi connectivity index (χ1n) is 8.34. The standard InChI is InChI=1S/C20H20N2OS/c23-20(17-7-6-15-8-10-21-18(15)14-17)22-11-9-19(24-13-12-22)16-4-2-1-3-5-16/h1-8,10,14,19,21H,9,11-13H2. The number of fused-ring (bicyclic) bond motifs is 1. The van der Waals surface area contributed by atoms with E-state index in [1.54, 1.807) is 0 Å². The Kier molecular flexibility index (Phi) is 4.30. The molecule has 1 N–H and O–H groups in total. The van der Waals surface area contributed by atoms with Crippen molar-refractivity contribution in [3.05, 3.63) is 71.9 Å². The van der Waals surface area contributed by atoms with E-state index in [2.05, 4.69) is 35.3 Å². The number of benzene rings is 2. The molecular formula is C20H20N2OS. The van der Waals surface area contributed by atoms with Crippen LogP contribution >= 0.6 is 11.8 Å². The van der Waals surface area contributed by atoms with Crippen molar-refractivity contribution in [1.82, 2.24) is 9.88 Å². The summed E-state index contributed by atoms with van der Waals surface area (Å²) in [6, 6.07) is 18.6. The van der Waals surface area contributed by atoms with E-state index in [1.807, 2.05) is 47.1 Å². The Hall–Kier alpha value is -2.20. The molecule has 1 amide bonds. The smallest absolute Gasteiger partial charge is 0.253 e. The molecule has 1 fully saturated rings. The van der Waals surface area contributed by atoms with Gasteiger partial charge in [0.15, 0.2) is 0 Å². The van der Waals surface area contributed by atoms with Gasteiger partial charge in [-0.25, -0.2) is 0 Å². The summed E-state index contributed by atoms with van der Waals surface area (Å²) in [6.07, 6.45) is 2.91. The van der Waals surface area contributed by atoms with Crippen LogP contribution in [-0.4, -0.2) is 34.6 Å². The first-order chi connectivity index (χ1) is 11.8. The Labute approximate surface area is 146 Å². The minimum Gasteiger partial charge on any atom is -0.361 e. The van der Waals surface area contributed by atoms with Gasteiger partial charge in [0.1, 0.15) is 0 Å². The Morgan fingerprint density at radius 2 is 1.96 bits per heavy atom. The quantitative estimate of drug-likeness (QED) is 0.748. The number of nitrogens with one attached hydrogen (secondary N) is 1. The van der Waals surface area contributed by atoms with Crippen LogP contribution in [-0.2, 0) is 0 Å². The zero-order valence-corrected chi connectivity index (χ0v) is 14.3. The van der Waals surface area contributed by atoms with Crippen molar-refractivity contribution in [1.29, 1.82) is 0 Å². The third-order valence-electron chi connectivity index (χ3n) is 4.60. The van der Waals surface area contributed by atoms with Gasteiger partial charge in [0, 0.05) is 41.4 Å². The number of nitrogens with zero attached hydrogens (tertiary/aromatic N) is 1. The topological polar surface area (TPSA) is 36.1 Å². The van der Waals surface area contributed by atoms with Crippen molar-refractivity contribution in [2.75, 3.05) is 18.8 Å². The summed E-state index contributed by atoms with van der Waals surface area (Å²) in [7, 11) is 0. The average Bonchev–Trinajstić information content (AvgIpc) is 2.96. The summed E-state index contributed by atoms with van der Waals surface area (Å²) < 4.78 is 0. The third kappa shape index (κ3) is 3.06. The Balaban J connectivity index is 1.49. The van der Waals surface area contributed by atoms with Gasteiger partial charge in [0.25, 0.3) is 5.91 Å². The van der Waals surface area contributed by atoms with Gasteiger partial charge < -0.3 is 9.88 Å². The highest BCUT2D eigenvalue weighted by Crippen LogP contribution is 2.34. The number of hydrogen-bond acceptors (Lipinski definition) is 2. The van der Waals surface area contributed by atoms with Crippen LogP contribution in [0.2, 0.25) is 0 Å². The van der Waals surface area contributed by atoms with E-state index in [9.17, 15) is 4.79 Å². The second-order valence-electron chi connectivity index (χ2n) is 6.13. The average molecular weight is 336 g/mol. The van der Waals surface area contributed by atoms with Crippen LogP contribution in [0, 0.1) is 0 Å². The highest BCUT2D eigenvalue weighted by molar-refractivity contribution is 7.99. The lowest BCUT2D eigenvalue weighted by Gasteiger charge is -2.20. The molecule has 2 aromatic carbocycles. The van der Waals surface area contributed by atoms with E-state index >= 15 is 0 Å². The lowest BCUT2D eigenvalue weighted by atomic mass is 10.1. The fourth-order valence-electron chi connectivity index (χ4n) is 3.27. The zero-order valence-electron chi connectivity index (χ0n) is 13.4. The summed E-state index contributed by atoms with van der Waals surface area (Å²) in [4.78, 5) is 18.0. The SMILES string of the molecule is O=C(c1ccc2cc[nH]c2c1)N1CCSC(c2ccccc2)CC1. The van der Waals surface area contributed by atoms with Gasteiger partial charge in [-0.1, -0.05) is 36.4 Å². The molecule has 3 aromatic rings. The Morgan fingerprint density at radius 3 is 2.83 bits per heavy atom. The first-order valence-corrected chi connectivity index (χ1v) is 9.39. The predicted octanol–water partition coefficient (Wildman–Crippen LogP) is 4.49. The summed E-state index contributed by atoms with van der Waals surface area (Å²) >= 11 is 1.96. The number of aromatic amines is 1. The van der Waals surface area contributed by atoms with Crippen LogP contribution in [0.1, 0.15) is 27.6 Å². The molecule has 0 bridgehead atoms. The molecule has 4 heteroatoms. The number of thioether (sulfide) groups is 1. The molecular weight excluding hydrogens is 316 g/mol. The number of hydrogen-bond donors (Lipinski definition) is 1. The Bertz CT molecular complexity index is 843. The first kappa shape index (κ1) is 15.3. The van der Waals surface area contributed by atoms with E-state index in [1.165, 1.54) is 5.56 Å². The van der Waals surface area contributed by atoms with Crippen LogP contribution in [0.15, 0.2) is 60.8 Å². The molecule has 1 atom stereocenters. The monoisotopic (exact) mass is 336 g/mol. The van der Waals surface area contributed by atoms with Crippen molar-refractivity contribution >= 4 is 28.6 Å². The molecule has 1 unspecified atom stereocenters. The highest BCUT2D eigenvalue weighted by Gasteiger charge is 2.23. The maximum atomic E-state index is 12.9. The zero-order chi connectivity index (χ0) is 16.4. The van der Waals surface area contributed by atoms with Crippen LogP contribution < -0.4 is 0 Å². The summed E-state index contributed by atoms with van der Waals surface area (Å²) in [6.45, 7) is 1.63. The summed E-state index contributed by atoms with van der Waals surface area (Å²) in [5.41, 5.74) is 3.16. The minimum atomic E-state index is 0.140. The van der Waals surface area contributed by atoms with Gasteiger partial charge in [-0.15, -0.1) is 0 Å². The molecule has 4 rings (SSSR count). The number of carbonyl (C=O) groups is 1. The summed E-state index contributed by atoms with van der Waals surface area (Å²) in [5, 5.41) is 1.62. The molecule has 2 heterocycles. The van der Waals surface area contributed by atoms with Gasteiger partial charge >= 0.3 is 0 Å². The molecule has 0 spiro atoms. The second-order valence-corrected chi connectivity index (χ2v) is 7.44. The number of aromatic nitrogens is 1. The largest absolute Gasteiger partial charge is 0.361 e. The molecule has 1 aromatic heterocycles. The minimum absolute atomic E-state index is 0.140. The lowest BCUT2D eigenvalue weighted by Crippen LogP contribution is -2.32. The third-order valence-corrected chi connectivity index (χ3v) is 5.93. The van der Waals surface area contributed by atoms with Crippen molar-refractivity contribution in [3.63, 3.8) is 0 Å². The normalized spacial score (nSPS) is 18.5. The number of carbonyl (C=O) groups excluding carboxylic acids is 1. The molecule has 24 heavy (non-hydrogen) atoms. The fraction of sp³-hybridized carbons (Fsp3) is 0.250. The molecule has 1 aliphatic heterocycles. The molecule has 3 nitrogen and oxygen atoms in total. The van der Waals surface area contributed by atoms with E-state index in [0.29, 0.717) is 5.25 Å². The predicted molar refractivity (Wildman–Crippen MR) is 100 cm³/mol. The molecule has 122 valence electrons. The number of rotatable bonds is 2. The van der Waals surface area contributed by atoms with Crippen LogP contribution in [0.5, 0.6) is 0 Å². The van der Waals surface area contributed by atoms with E-state index in [0.717, 1.165) is 41.7 Å². The van der Waals surface area contributed by atoms with Gasteiger partial charge in [0.05, 0.1) is 0 Å². The van der Waals surface area contributed by atoms with E-state index < -0.39 is 0 Å². The molecule has 0 radical (unpaired) electrons. The van der Waals surface area contributed by atoms with E-state index in [-0.39, 0.29) is 5.91 Å². The lowest BCUT2D eigenvalue weighted by molar-refractivity contribution is 0.0766. The maximum absolute atomic E-state index is 12.9. The van der Waals surface area contributed by atoms with Crippen molar-refractivity contribution < 1.29 is 4.79 Å². The van der Waals surface area contributed by atoms with E-state index in [4.69, 9.17) is 0 Å². The van der Waals surface area contributed by atoms with Crippen molar-refractivity contribution in [2.45, 2.75) is 11.7 Å². The molecule has 1 saturated heterocycles. The Morgan fingerprint density at radius 1 is 1.08 bits per heavy atom. The maximum Gasteiger partial charge on any atom is 0.253 e. The van der Waals surface area contributed by atoms with Gasteiger partial charge in [-0.05, 0) is 35.6 Å². The van der Waals surface area contributed by atoms with Crippen LogP contribution in [0.25, 0.3) is 10.9 Å².